The van der Waals surface area contributed by atoms with Crippen molar-refractivity contribution in [1.82, 2.24) is 4.98 Å². The molecule has 1 aromatic heterocycles. The number of hydrogen-bond acceptors (Lipinski definition) is 2. The fourth-order valence-corrected chi connectivity index (χ4v) is 1.87. The predicted molar refractivity (Wildman–Crippen MR) is 76.1 cm³/mol. The molecule has 1 heterocycles. The van der Waals surface area contributed by atoms with Crippen molar-refractivity contribution >= 4 is 39.1 Å². The molecular weight excluding hydrogens is 316 g/mol. The molecule has 1 aromatic carbocycles. The summed E-state index contributed by atoms with van der Waals surface area (Å²) in [7, 11) is 0. The first-order valence-electron chi connectivity index (χ1n) is 5.25. The SMILES string of the molecule is Cc1ccc(NC(=O)c2ccc(Cl)nc2)cc1Br. The van der Waals surface area contributed by atoms with Gasteiger partial charge in [-0.1, -0.05) is 33.6 Å². The number of pyridine rings is 1. The zero-order valence-electron chi connectivity index (χ0n) is 9.58. The first-order valence-corrected chi connectivity index (χ1v) is 6.42. The van der Waals surface area contributed by atoms with Crippen molar-refractivity contribution in [2.75, 3.05) is 5.32 Å². The fourth-order valence-electron chi connectivity index (χ4n) is 1.38. The minimum atomic E-state index is -0.213. The van der Waals surface area contributed by atoms with Crippen LogP contribution in [-0.2, 0) is 0 Å². The second-order valence-electron chi connectivity index (χ2n) is 3.79. The van der Waals surface area contributed by atoms with Crippen molar-refractivity contribution < 1.29 is 4.79 Å². The number of nitrogens with zero attached hydrogens (tertiary/aromatic N) is 1. The summed E-state index contributed by atoms with van der Waals surface area (Å²) in [6, 6.07) is 8.85. The van der Waals surface area contributed by atoms with Gasteiger partial charge in [0.05, 0.1) is 5.56 Å². The van der Waals surface area contributed by atoms with Crippen molar-refractivity contribution in [3.63, 3.8) is 0 Å². The number of amides is 1. The van der Waals surface area contributed by atoms with Crippen LogP contribution in [0.4, 0.5) is 5.69 Å². The molecule has 0 radical (unpaired) electrons. The Bertz CT molecular complexity index is 584. The molecule has 0 aliphatic heterocycles. The monoisotopic (exact) mass is 324 g/mol. The normalized spacial score (nSPS) is 10.2. The zero-order valence-corrected chi connectivity index (χ0v) is 11.9. The van der Waals surface area contributed by atoms with Gasteiger partial charge in [0.25, 0.3) is 5.91 Å². The molecular formula is C13H10BrClN2O. The minimum Gasteiger partial charge on any atom is -0.322 e. The van der Waals surface area contributed by atoms with Gasteiger partial charge in [-0.15, -0.1) is 0 Å². The van der Waals surface area contributed by atoms with E-state index in [9.17, 15) is 4.79 Å². The summed E-state index contributed by atoms with van der Waals surface area (Å²) in [4.78, 5) is 15.8. The van der Waals surface area contributed by atoms with E-state index in [0.29, 0.717) is 10.7 Å². The summed E-state index contributed by atoms with van der Waals surface area (Å²) in [5.41, 5.74) is 2.31. The van der Waals surface area contributed by atoms with Crippen LogP contribution in [0.5, 0.6) is 0 Å². The Kier molecular flexibility index (Phi) is 3.99. The third-order valence-corrected chi connectivity index (χ3v) is 3.50. The number of halogens is 2. The molecule has 0 spiro atoms. The molecule has 1 amide bonds. The van der Waals surface area contributed by atoms with E-state index in [2.05, 4.69) is 26.2 Å². The minimum absolute atomic E-state index is 0.213. The van der Waals surface area contributed by atoms with E-state index in [4.69, 9.17) is 11.6 Å². The first kappa shape index (κ1) is 13.1. The molecule has 0 unspecified atom stereocenters. The van der Waals surface area contributed by atoms with Gasteiger partial charge in [-0.3, -0.25) is 4.79 Å². The molecule has 92 valence electrons. The maximum atomic E-state index is 11.9. The number of benzene rings is 1. The van der Waals surface area contributed by atoms with Crippen LogP contribution in [0.15, 0.2) is 41.0 Å². The van der Waals surface area contributed by atoms with Gasteiger partial charge < -0.3 is 5.32 Å². The highest BCUT2D eigenvalue weighted by Crippen LogP contribution is 2.21. The lowest BCUT2D eigenvalue weighted by Gasteiger charge is -2.06. The lowest BCUT2D eigenvalue weighted by Crippen LogP contribution is -2.12. The molecule has 3 nitrogen and oxygen atoms in total. The molecule has 0 fully saturated rings. The van der Waals surface area contributed by atoms with Gasteiger partial charge in [0.1, 0.15) is 5.15 Å². The van der Waals surface area contributed by atoms with Crippen LogP contribution in [0.25, 0.3) is 0 Å². The summed E-state index contributed by atoms with van der Waals surface area (Å²) in [6.07, 6.45) is 1.45. The summed E-state index contributed by atoms with van der Waals surface area (Å²) in [5.74, 6) is -0.213. The van der Waals surface area contributed by atoms with Crippen LogP contribution in [0.2, 0.25) is 5.15 Å². The summed E-state index contributed by atoms with van der Waals surface area (Å²) in [6.45, 7) is 1.98. The van der Waals surface area contributed by atoms with Gasteiger partial charge in [0, 0.05) is 16.4 Å². The van der Waals surface area contributed by atoms with Crippen LogP contribution < -0.4 is 5.32 Å². The average Bonchev–Trinajstić information content (AvgIpc) is 2.34. The number of carbonyl (C=O) groups excluding carboxylic acids is 1. The summed E-state index contributed by atoms with van der Waals surface area (Å²) >= 11 is 9.09. The molecule has 0 bridgehead atoms. The third-order valence-electron chi connectivity index (χ3n) is 2.42. The average molecular weight is 326 g/mol. The van der Waals surface area contributed by atoms with E-state index in [-0.39, 0.29) is 5.91 Å². The Hall–Kier alpha value is -1.39. The van der Waals surface area contributed by atoms with E-state index in [1.165, 1.54) is 6.20 Å². The van der Waals surface area contributed by atoms with E-state index in [1.54, 1.807) is 12.1 Å². The number of aromatic nitrogens is 1. The van der Waals surface area contributed by atoms with Crippen molar-refractivity contribution in [2.24, 2.45) is 0 Å². The van der Waals surface area contributed by atoms with Gasteiger partial charge in [0.2, 0.25) is 0 Å². The summed E-state index contributed by atoms with van der Waals surface area (Å²) < 4.78 is 0.953. The molecule has 0 aliphatic carbocycles. The van der Waals surface area contributed by atoms with Crippen molar-refractivity contribution in [3.05, 3.63) is 57.3 Å². The second-order valence-corrected chi connectivity index (χ2v) is 5.03. The molecule has 5 heteroatoms. The van der Waals surface area contributed by atoms with E-state index >= 15 is 0 Å². The van der Waals surface area contributed by atoms with Gasteiger partial charge in [-0.2, -0.15) is 0 Å². The number of rotatable bonds is 2. The quantitative estimate of drug-likeness (QED) is 0.846. The molecule has 2 rings (SSSR count). The van der Waals surface area contributed by atoms with Crippen LogP contribution >= 0.6 is 27.5 Å². The van der Waals surface area contributed by atoms with Crippen LogP contribution in [-0.4, -0.2) is 10.9 Å². The fraction of sp³-hybridized carbons (Fsp3) is 0.0769. The topological polar surface area (TPSA) is 42.0 Å². The predicted octanol–water partition coefficient (Wildman–Crippen LogP) is 4.06. The van der Waals surface area contributed by atoms with Crippen LogP contribution in [0, 0.1) is 6.92 Å². The number of aryl methyl sites for hydroxylation is 1. The number of nitrogens with one attached hydrogen (secondary N) is 1. The van der Waals surface area contributed by atoms with Crippen LogP contribution in [0.1, 0.15) is 15.9 Å². The number of hydrogen-bond donors (Lipinski definition) is 1. The second kappa shape index (κ2) is 5.50. The molecule has 2 aromatic rings. The Morgan fingerprint density at radius 3 is 2.72 bits per heavy atom. The van der Waals surface area contributed by atoms with E-state index in [1.807, 2.05) is 25.1 Å². The van der Waals surface area contributed by atoms with Gasteiger partial charge in [0.15, 0.2) is 0 Å². The molecule has 0 aliphatic rings. The molecule has 1 N–H and O–H groups in total. The first-order chi connectivity index (χ1) is 8.56. The zero-order chi connectivity index (χ0) is 13.1. The lowest BCUT2D eigenvalue weighted by atomic mass is 10.2. The van der Waals surface area contributed by atoms with Crippen molar-refractivity contribution in [2.45, 2.75) is 6.92 Å². The Labute approximate surface area is 118 Å². The molecule has 0 saturated carbocycles. The smallest absolute Gasteiger partial charge is 0.257 e. The van der Waals surface area contributed by atoms with Gasteiger partial charge >= 0.3 is 0 Å². The Morgan fingerprint density at radius 2 is 2.11 bits per heavy atom. The molecule has 0 saturated heterocycles. The van der Waals surface area contributed by atoms with Crippen molar-refractivity contribution in [1.29, 1.82) is 0 Å². The van der Waals surface area contributed by atoms with Crippen LogP contribution in [0.3, 0.4) is 0 Å². The molecule has 18 heavy (non-hydrogen) atoms. The van der Waals surface area contributed by atoms with Gasteiger partial charge in [-0.05, 0) is 36.8 Å². The maximum Gasteiger partial charge on any atom is 0.257 e. The van der Waals surface area contributed by atoms with E-state index < -0.39 is 0 Å². The third kappa shape index (κ3) is 3.09. The van der Waals surface area contributed by atoms with Gasteiger partial charge in [-0.25, -0.2) is 4.98 Å². The highest BCUT2D eigenvalue weighted by molar-refractivity contribution is 9.10. The summed E-state index contributed by atoms with van der Waals surface area (Å²) in [5, 5.41) is 3.16. The maximum absolute atomic E-state index is 11.9. The standard InChI is InChI=1S/C13H10BrClN2O/c1-8-2-4-10(6-11(8)14)17-13(18)9-3-5-12(15)16-7-9/h2-7H,1H3,(H,17,18). The highest BCUT2D eigenvalue weighted by atomic mass is 79.9. The number of carbonyl (C=O) groups is 1. The molecule has 0 atom stereocenters. The van der Waals surface area contributed by atoms with E-state index in [0.717, 1.165) is 15.7 Å². The van der Waals surface area contributed by atoms with Crippen molar-refractivity contribution in [3.8, 4) is 0 Å². The number of anilines is 1. The Balaban J connectivity index is 2.16. The largest absolute Gasteiger partial charge is 0.322 e. The highest BCUT2D eigenvalue weighted by Gasteiger charge is 2.07. The Morgan fingerprint density at radius 1 is 1.33 bits per heavy atom. The lowest BCUT2D eigenvalue weighted by molar-refractivity contribution is 0.102.